The summed E-state index contributed by atoms with van der Waals surface area (Å²) in [7, 11) is 0. The number of benzene rings is 1. The largest absolute Gasteiger partial charge is 0.455 e. The zero-order chi connectivity index (χ0) is 14.1. The minimum absolute atomic E-state index is 0.690. The first-order valence-corrected chi connectivity index (χ1v) is 6.39. The van der Waals surface area contributed by atoms with Crippen LogP contribution >= 0.6 is 0 Å². The topological polar surface area (TPSA) is 61.0 Å². The Balaban J connectivity index is 2.10. The van der Waals surface area contributed by atoms with Crippen LogP contribution in [-0.2, 0) is 0 Å². The van der Waals surface area contributed by atoms with E-state index in [9.17, 15) is 0 Å². The molecule has 100 valence electrons. The number of hydrogen-bond acceptors (Lipinski definition) is 4. The van der Waals surface area contributed by atoms with Crippen LogP contribution in [0.4, 0.5) is 5.69 Å². The third-order valence-electron chi connectivity index (χ3n) is 3.03. The molecule has 0 aliphatic carbocycles. The van der Waals surface area contributed by atoms with Crippen molar-refractivity contribution < 1.29 is 4.74 Å². The van der Waals surface area contributed by atoms with Crippen LogP contribution in [0.15, 0.2) is 42.6 Å². The van der Waals surface area contributed by atoms with Crippen molar-refractivity contribution in [2.45, 2.75) is 13.8 Å². The first-order chi connectivity index (χ1) is 9.61. The molecule has 0 radical (unpaired) electrons. The summed E-state index contributed by atoms with van der Waals surface area (Å²) in [5.74, 6) is 1.44. The van der Waals surface area contributed by atoms with Gasteiger partial charge < -0.3 is 10.5 Å². The Labute approximate surface area is 117 Å². The summed E-state index contributed by atoms with van der Waals surface area (Å²) in [5, 5.41) is 0.899. The van der Waals surface area contributed by atoms with Crippen LogP contribution in [-0.4, -0.2) is 9.97 Å². The van der Waals surface area contributed by atoms with Crippen LogP contribution < -0.4 is 10.5 Å². The molecule has 4 heteroatoms. The number of nitrogens with two attached hydrogens (primary N) is 1. The SMILES string of the molecule is Cc1ccc(Oc2cc(C)nc3ccc(N)cc23)cn1. The molecule has 3 aromatic rings. The van der Waals surface area contributed by atoms with E-state index in [0.29, 0.717) is 11.4 Å². The summed E-state index contributed by atoms with van der Waals surface area (Å²) in [6, 6.07) is 11.3. The van der Waals surface area contributed by atoms with Crippen molar-refractivity contribution in [3.05, 3.63) is 54.0 Å². The smallest absolute Gasteiger partial charge is 0.145 e. The maximum Gasteiger partial charge on any atom is 0.145 e. The third kappa shape index (κ3) is 2.40. The van der Waals surface area contributed by atoms with E-state index in [4.69, 9.17) is 10.5 Å². The molecule has 0 aliphatic heterocycles. The molecule has 20 heavy (non-hydrogen) atoms. The van der Waals surface area contributed by atoms with Gasteiger partial charge in [-0.05, 0) is 44.2 Å². The number of rotatable bonds is 2. The highest BCUT2D eigenvalue weighted by Crippen LogP contribution is 2.30. The molecule has 1 aromatic carbocycles. The van der Waals surface area contributed by atoms with Crippen molar-refractivity contribution >= 4 is 16.6 Å². The Kier molecular flexibility index (Phi) is 2.99. The predicted octanol–water partition coefficient (Wildman–Crippen LogP) is 3.62. The van der Waals surface area contributed by atoms with Gasteiger partial charge in [-0.15, -0.1) is 0 Å². The zero-order valence-corrected chi connectivity index (χ0v) is 11.4. The Morgan fingerprint density at radius 3 is 2.60 bits per heavy atom. The van der Waals surface area contributed by atoms with E-state index in [2.05, 4.69) is 9.97 Å². The zero-order valence-electron chi connectivity index (χ0n) is 11.4. The highest BCUT2D eigenvalue weighted by Gasteiger charge is 2.07. The summed E-state index contributed by atoms with van der Waals surface area (Å²) in [4.78, 5) is 8.71. The number of nitrogen functional groups attached to an aromatic ring is 1. The molecule has 2 heterocycles. The molecule has 0 aliphatic rings. The molecule has 0 fully saturated rings. The van der Waals surface area contributed by atoms with Gasteiger partial charge in [0.2, 0.25) is 0 Å². The van der Waals surface area contributed by atoms with Gasteiger partial charge in [0, 0.05) is 28.5 Å². The van der Waals surface area contributed by atoms with Crippen LogP contribution in [0.25, 0.3) is 10.9 Å². The van der Waals surface area contributed by atoms with Gasteiger partial charge in [-0.1, -0.05) is 0 Å². The summed E-state index contributed by atoms with van der Waals surface area (Å²) in [5.41, 5.74) is 9.26. The van der Waals surface area contributed by atoms with E-state index in [1.807, 2.05) is 50.2 Å². The van der Waals surface area contributed by atoms with Gasteiger partial charge in [-0.25, -0.2) is 0 Å². The van der Waals surface area contributed by atoms with Gasteiger partial charge >= 0.3 is 0 Å². The van der Waals surface area contributed by atoms with Gasteiger partial charge in [0.05, 0.1) is 11.7 Å². The quantitative estimate of drug-likeness (QED) is 0.719. The number of nitrogens with zero attached hydrogens (tertiary/aromatic N) is 2. The van der Waals surface area contributed by atoms with Crippen molar-refractivity contribution in [3.63, 3.8) is 0 Å². The first kappa shape index (κ1) is 12.4. The van der Waals surface area contributed by atoms with Gasteiger partial charge in [-0.3, -0.25) is 9.97 Å². The van der Waals surface area contributed by atoms with E-state index in [-0.39, 0.29) is 0 Å². The van der Waals surface area contributed by atoms with E-state index < -0.39 is 0 Å². The Bertz CT molecular complexity index is 767. The van der Waals surface area contributed by atoms with E-state index in [0.717, 1.165) is 28.0 Å². The van der Waals surface area contributed by atoms with Crippen LogP contribution in [0.5, 0.6) is 11.5 Å². The fourth-order valence-corrected chi connectivity index (χ4v) is 2.06. The molecule has 2 N–H and O–H groups in total. The number of ether oxygens (including phenoxy) is 1. The molecule has 0 unspecified atom stereocenters. The molecule has 2 aromatic heterocycles. The molecule has 0 saturated carbocycles. The van der Waals surface area contributed by atoms with Crippen molar-refractivity contribution in [2.75, 3.05) is 5.73 Å². The Morgan fingerprint density at radius 2 is 1.85 bits per heavy atom. The van der Waals surface area contributed by atoms with Crippen LogP contribution in [0.2, 0.25) is 0 Å². The normalized spacial score (nSPS) is 10.7. The lowest BCUT2D eigenvalue weighted by Crippen LogP contribution is -1.93. The predicted molar refractivity (Wildman–Crippen MR) is 79.9 cm³/mol. The van der Waals surface area contributed by atoms with Crippen molar-refractivity contribution in [2.24, 2.45) is 0 Å². The summed E-state index contributed by atoms with van der Waals surface area (Å²) >= 11 is 0. The Hall–Kier alpha value is -2.62. The van der Waals surface area contributed by atoms with Gasteiger partial charge in [0.25, 0.3) is 0 Å². The molecular weight excluding hydrogens is 250 g/mol. The highest BCUT2D eigenvalue weighted by atomic mass is 16.5. The molecule has 0 atom stereocenters. The van der Waals surface area contributed by atoms with Crippen molar-refractivity contribution in [1.82, 2.24) is 9.97 Å². The lowest BCUT2D eigenvalue weighted by atomic mass is 10.1. The standard InChI is InChI=1S/C16H15N3O/c1-10-3-5-13(9-18-10)20-16-7-11(2)19-15-6-4-12(17)8-14(15)16/h3-9H,17H2,1-2H3. The molecular formula is C16H15N3O. The third-order valence-corrected chi connectivity index (χ3v) is 3.03. The van der Waals surface area contributed by atoms with Gasteiger partial charge in [0.1, 0.15) is 11.5 Å². The second kappa shape index (κ2) is 4.81. The lowest BCUT2D eigenvalue weighted by Gasteiger charge is -2.10. The maximum atomic E-state index is 5.92. The van der Waals surface area contributed by atoms with Crippen LogP contribution in [0.1, 0.15) is 11.4 Å². The number of anilines is 1. The summed E-state index contributed by atoms with van der Waals surface area (Å²) in [6.45, 7) is 3.88. The number of aryl methyl sites for hydroxylation is 2. The molecule has 0 spiro atoms. The van der Waals surface area contributed by atoms with E-state index in [1.165, 1.54) is 0 Å². The molecule has 4 nitrogen and oxygen atoms in total. The Morgan fingerprint density at radius 1 is 1.00 bits per heavy atom. The van der Waals surface area contributed by atoms with Gasteiger partial charge in [0.15, 0.2) is 0 Å². The maximum absolute atomic E-state index is 5.92. The minimum atomic E-state index is 0.690. The van der Waals surface area contributed by atoms with Crippen LogP contribution in [0.3, 0.4) is 0 Å². The first-order valence-electron chi connectivity index (χ1n) is 6.39. The monoisotopic (exact) mass is 265 g/mol. The number of fused-ring (bicyclic) bond motifs is 1. The fraction of sp³-hybridized carbons (Fsp3) is 0.125. The second-order valence-electron chi connectivity index (χ2n) is 4.78. The van der Waals surface area contributed by atoms with Gasteiger partial charge in [-0.2, -0.15) is 0 Å². The number of aromatic nitrogens is 2. The molecule has 0 amide bonds. The van der Waals surface area contributed by atoms with Crippen LogP contribution in [0, 0.1) is 13.8 Å². The van der Waals surface area contributed by atoms with Crippen molar-refractivity contribution in [3.8, 4) is 11.5 Å². The summed E-state index contributed by atoms with van der Waals surface area (Å²) < 4.78 is 5.92. The average molecular weight is 265 g/mol. The minimum Gasteiger partial charge on any atom is -0.455 e. The second-order valence-corrected chi connectivity index (χ2v) is 4.78. The highest BCUT2D eigenvalue weighted by molar-refractivity contribution is 5.88. The summed E-state index contributed by atoms with van der Waals surface area (Å²) in [6.07, 6.45) is 1.71. The van der Waals surface area contributed by atoms with Crippen molar-refractivity contribution in [1.29, 1.82) is 0 Å². The lowest BCUT2D eigenvalue weighted by molar-refractivity contribution is 0.484. The number of pyridine rings is 2. The van der Waals surface area contributed by atoms with E-state index in [1.54, 1.807) is 6.20 Å². The fourth-order valence-electron chi connectivity index (χ4n) is 2.06. The number of hydrogen-bond donors (Lipinski definition) is 1. The van der Waals surface area contributed by atoms with E-state index >= 15 is 0 Å². The molecule has 3 rings (SSSR count). The molecule has 0 saturated heterocycles. The molecule has 0 bridgehead atoms. The average Bonchev–Trinajstić information content (AvgIpc) is 2.42.